The van der Waals surface area contributed by atoms with Crippen LogP contribution in [-0.2, 0) is 6.54 Å². The zero-order valence-electron chi connectivity index (χ0n) is 11.5. The van der Waals surface area contributed by atoms with Crippen molar-refractivity contribution < 1.29 is 0 Å². The third kappa shape index (κ3) is 1.90. The second kappa shape index (κ2) is 4.65. The Kier molecular flexibility index (Phi) is 2.90. The minimum atomic E-state index is 0.0277. The molecule has 0 aliphatic carbocycles. The molecule has 3 unspecified atom stereocenters. The van der Waals surface area contributed by atoms with Gasteiger partial charge >= 0.3 is 0 Å². The molecule has 4 rings (SSSR count). The lowest BCUT2D eigenvalue weighted by Crippen LogP contribution is -2.33. The van der Waals surface area contributed by atoms with Crippen LogP contribution in [-0.4, -0.2) is 40.0 Å². The first kappa shape index (κ1) is 12.5. The second-order valence-corrected chi connectivity index (χ2v) is 6.77. The third-order valence-electron chi connectivity index (χ3n) is 4.78. The lowest BCUT2D eigenvalue weighted by molar-refractivity contribution is 0.229. The quantitative estimate of drug-likeness (QED) is 0.889. The van der Waals surface area contributed by atoms with Crippen molar-refractivity contribution in [1.29, 1.82) is 0 Å². The summed E-state index contributed by atoms with van der Waals surface area (Å²) >= 11 is 1.51. The van der Waals surface area contributed by atoms with Gasteiger partial charge in [-0.05, 0) is 31.8 Å². The molecule has 106 valence electrons. The van der Waals surface area contributed by atoms with E-state index in [1.165, 1.54) is 11.3 Å². The van der Waals surface area contributed by atoms with Gasteiger partial charge in [0.25, 0.3) is 5.56 Å². The molecule has 3 atom stereocenters. The first-order chi connectivity index (χ1) is 9.72. The van der Waals surface area contributed by atoms with Crippen LogP contribution in [0.5, 0.6) is 0 Å². The van der Waals surface area contributed by atoms with E-state index in [2.05, 4.69) is 22.1 Å². The van der Waals surface area contributed by atoms with Crippen LogP contribution in [0, 0.1) is 11.8 Å². The van der Waals surface area contributed by atoms with Gasteiger partial charge in [0.15, 0.2) is 4.96 Å². The predicted molar refractivity (Wildman–Crippen MR) is 79.1 cm³/mol. The molecule has 4 heterocycles. The Morgan fingerprint density at radius 3 is 3.25 bits per heavy atom. The fraction of sp³-hybridized carbons (Fsp3) is 0.571. The summed E-state index contributed by atoms with van der Waals surface area (Å²) in [5.74, 6) is 1.51. The molecule has 2 aliphatic rings. The SMILES string of the molecule is CC1C2CNCC2CN1Cc1cc(=O)n2ccsc2n1. The van der Waals surface area contributed by atoms with Gasteiger partial charge in [-0.3, -0.25) is 14.1 Å². The standard InChI is InChI=1S/C14H18N4OS/c1-9-12-6-15-5-10(12)7-17(9)8-11-4-13(19)18-2-3-20-14(18)16-11/h2-4,9-10,12,15H,5-8H2,1H3. The first-order valence-electron chi connectivity index (χ1n) is 7.13. The molecule has 1 N–H and O–H groups in total. The van der Waals surface area contributed by atoms with Crippen LogP contribution in [0.3, 0.4) is 0 Å². The predicted octanol–water partition coefficient (Wildman–Crippen LogP) is 0.796. The number of rotatable bonds is 2. The summed E-state index contributed by atoms with van der Waals surface area (Å²) in [4.78, 5) is 19.9. The Balaban J connectivity index is 1.60. The molecular formula is C14H18N4OS. The Hall–Kier alpha value is -1.24. The van der Waals surface area contributed by atoms with Gasteiger partial charge in [-0.2, -0.15) is 0 Å². The Labute approximate surface area is 121 Å². The van der Waals surface area contributed by atoms with Crippen LogP contribution < -0.4 is 10.9 Å². The number of hydrogen-bond donors (Lipinski definition) is 1. The largest absolute Gasteiger partial charge is 0.316 e. The molecule has 0 bridgehead atoms. The van der Waals surface area contributed by atoms with Gasteiger partial charge in [-0.25, -0.2) is 4.98 Å². The summed E-state index contributed by atoms with van der Waals surface area (Å²) in [6.07, 6.45) is 1.79. The van der Waals surface area contributed by atoms with E-state index in [9.17, 15) is 4.79 Å². The zero-order valence-corrected chi connectivity index (χ0v) is 12.3. The van der Waals surface area contributed by atoms with E-state index in [4.69, 9.17) is 0 Å². The van der Waals surface area contributed by atoms with Gasteiger partial charge in [0.2, 0.25) is 0 Å². The van der Waals surface area contributed by atoms with E-state index in [0.29, 0.717) is 6.04 Å². The number of nitrogens with one attached hydrogen (secondary N) is 1. The molecule has 0 saturated carbocycles. The van der Waals surface area contributed by atoms with Crippen molar-refractivity contribution in [2.75, 3.05) is 19.6 Å². The summed E-state index contributed by atoms with van der Waals surface area (Å²) in [5.41, 5.74) is 0.928. The van der Waals surface area contributed by atoms with Crippen molar-refractivity contribution in [2.24, 2.45) is 11.8 Å². The maximum atomic E-state index is 12.0. The summed E-state index contributed by atoms with van der Waals surface area (Å²) < 4.78 is 1.61. The monoisotopic (exact) mass is 290 g/mol. The van der Waals surface area contributed by atoms with Crippen LogP contribution in [0.25, 0.3) is 4.96 Å². The van der Waals surface area contributed by atoms with Crippen molar-refractivity contribution in [3.05, 3.63) is 33.7 Å². The fourth-order valence-corrected chi connectivity index (χ4v) is 4.38. The molecule has 2 aromatic heterocycles. The van der Waals surface area contributed by atoms with Crippen LogP contribution in [0.2, 0.25) is 0 Å². The molecule has 0 amide bonds. The highest BCUT2D eigenvalue weighted by Crippen LogP contribution is 2.32. The number of hydrogen-bond acceptors (Lipinski definition) is 5. The smallest absolute Gasteiger partial charge is 0.258 e. The molecule has 2 aliphatic heterocycles. The van der Waals surface area contributed by atoms with Crippen LogP contribution in [0.1, 0.15) is 12.6 Å². The first-order valence-corrected chi connectivity index (χ1v) is 8.01. The van der Waals surface area contributed by atoms with Crippen LogP contribution in [0.4, 0.5) is 0 Å². The molecule has 5 nitrogen and oxygen atoms in total. The number of nitrogens with zero attached hydrogens (tertiary/aromatic N) is 3. The lowest BCUT2D eigenvalue weighted by atomic mass is 9.95. The zero-order chi connectivity index (χ0) is 13.7. The molecule has 0 radical (unpaired) electrons. The van der Waals surface area contributed by atoms with Gasteiger partial charge in [-0.1, -0.05) is 0 Å². The van der Waals surface area contributed by atoms with Gasteiger partial charge in [-0.15, -0.1) is 11.3 Å². The molecule has 6 heteroatoms. The number of fused-ring (bicyclic) bond motifs is 2. The lowest BCUT2D eigenvalue weighted by Gasteiger charge is -2.23. The molecular weight excluding hydrogens is 272 g/mol. The highest BCUT2D eigenvalue weighted by Gasteiger charge is 2.41. The molecule has 2 fully saturated rings. The van der Waals surface area contributed by atoms with Crippen LogP contribution >= 0.6 is 11.3 Å². The Morgan fingerprint density at radius 2 is 2.40 bits per heavy atom. The Bertz CT molecular complexity index is 694. The molecule has 2 aromatic rings. The molecule has 0 spiro atoms. The summed E-state index contributed by atoms with van der Waals surface area (Å²) in [6.45, 7) is 6.46. The van der Waals surface area contributed by atoms with E-state index in [-0.39, 0.29) is 5.56 Å². The topological polar surface area (TPSA) is 49.6 Å². The average molecular weight is 290 g/mol. The minimum Gasteiger partial charge on any atom is -0.316 e. The number of likely N-dealkylation sites (tertiary alicyclic amines) is 1. The van der Waals surface area contributed by atoms with Gasteiger partial charge in [0, 0.05) is 36.8 Å². The number of aromatic nitrogens is 2. The van der Waals surface area contributed by atoms with Crippen molar-refractivity contribution >= 4 is 16.3 Å². The van der Waals surface area contributed by atoms with Gasteiger partial charge in [0.05, 0.1) is 5.69 Å². The average Bonchev–Trinajstić information content (AvgIpc) is 3.09. The highest BCUT2D eigenvalue weighted by atomic mass is 32.1. The third-order valence-corrected chi connectivity index (χ3v) is 5.53. The van der Waals surface area contributed by atoms with E-state index in [1.54, 1.807) is 16.7 Å². The summed E-state index contributed by atoms with van der Waals surface area (Å²) in [5, 5.41) is 5.38. The maximum Gasteiger partial charge on any atom is 0.258 e. The molecule has 20 heavy (non-hydrogen) atoms. The fourth-order valence-electron chi connectivity index (χ4n) is 3.64. The van der Waals surface area contributed by atoms with E-state index in [0.717, 1.165) is 48.7 Å². The van der Waals surface area contributed by atoms with E-state index >= 15 is 0 Å². The van der Waals surface area contributed by atoms with E-state index in [1.807, 2.05) is 5.38 Å². The number of thiazole rings is 1. The molecule has 2 saturated heterocycles. The van der Waals surface area contributed by atoms with Gasteiger partial charge < -0.3 is 5.32 Å². The molecule has 0 aromatic carbocycles. The maximum absolute atomic E-state index is 12.0. The minimum absolute atomic E-state index is 0.0277. The van der Waals surface area contributed by atoms with Crippen molar-refractivity contribution in [2.45, 2.75) is 19.5 Å². The van der Waals surface area contributed by atoms with Gasteiger partial charge in [0.1, 0.15) is 0 Å². The van der Waals surface area contributed by atoms with Crippen molar-refractivity contribution in [3.63, 3.8) is 0 Å². The normalized spacial score (nSPS) is 30.1. The summed E-state index contributed by atoms with van der Waals surface area (Å²) in [6, 6.07) is 2.25. The highest BCUT2D eigenvalue weighted by molar-refractivity contribution is 7.15. The summed E-state index contributed by atoms with van der Waals surface area (Å²) in [7, 11) is 0. The van der Waals surface area contributed by atoms with Crippen molar-refractivity contribution in [3.8, 4) is 0 Å². The van der Waals surface area contributed by atoms with Crippen molar-refractivity contribution in [1.82, 2.24) is 19.6 Å². The van der Waals surface area contributed by atoms with E-state index < -0.39 is 0 Å². The second-order valence-electron chi connectivity index (χ2n) is 5.89. The Morgan fingerprint density at radius 1 is 1.50 bits per heavy atom. The van der Waals surface area contributed by atoms with Crippen LogP contribution in [0.15, 0.2) is 22.4 Å².